The minimum Gasteiger partial charge on any atom is -0.506 e. The van der Waals surface area contributed by atoms with Crippen molar-refractivity contribution < 1.29 is 15.0 Å². The van der Waals surface area contributed by atoms with Crippen molar-refractivity contribution in [1.82, 2.24) is 5.43 Å². The maximum Gasteiger partial charge on any atom is 0.271 e. The molecule has 0 aromatic heterocycles. The van der Waals surface area contributed by atoms with Crippen LogP contribution in [0.3, 0.4) is 0 Å². The van der Waals surface area contributed by atoms with Crippen LogP contribution in [0.25, 0.3) is 16.8 Å². The molecule has 0 radical (unpaired) electrons. The number of phenolic OH excluding ortho intramolecular Hbond substituents is 1. The summed E-state index contributed by atoms with van der Waals surface area (Å²) in [7, 11) is 0. The number of aromatic hydroxyl groups is 1. The second kappa shape index (κ2) is 9.17. The molecule has 6 heteroatoms. The fraction of sp³-hybridized carbons (Fsp3) is 0.0909. The number of aliphatic hydroxyl groups is 1. The molecule has 0 bridgehead atoms. The van der Waals surface area contributed by atoms with Crippen molar-refractivity contribution in [3.63, 3.8) is 0 Å². The molecular formula is C22H19ClN2O3. The predicted octanol–water partition coefficient (Wildman–Crippen LogP) is 4.36. The van der Waals surface area contributed by atoms with E-state index in [2.05, 4.69) is 10.5 Å². The third kappa shape index (κ3) is 4.57. The fourth-order valence-corrected chi connectivity index (χ4v) is 2.94. The molecule has 0 saturated carbocycles. The summed E-state index contributed by atoms with van der Waals surface area (Å²) >= 11 is 5.83. The quantitative estimate of drug-likeness (QED) is 0.429. The van der Waals surface area contributed by atoms with Gasteiger partial charge in [-0.2, -0.15) is 5.10 Å². The first kappa shape index (κ1) is 19.6. The standard InChI is InChI=1S/C22H19ClN2O3/c23-20-13-16(10-11-21(20)27)22(28)25-24-14-17-9-8-15(5-3-4-12-26)18-6-1-2-7-19(17)18/h1-3,5-11,13-14,26-27H,4,12H2,(H,25,28). The molecule has 0 atom stereocenters. The topological polar surface area (TPSA) is 81.9 Å². The number of benzene rings is 3. The van der Waals surface area contributed by atoms with Gasteiger partial charge in [0.25, 0.3) is 5.91 Å². The van der Waals surface area contributed by atoms with Gasteiger partial charge in [0, 0.05) is 17.7 Å². The van der Waals surface area contributed by atoms with E-state index in [4.69, 9.17) is 16.7 Å². The van der Waals surface area contributed by atoms with Gasteiger partial charge in [0.2, 0.25) is 0 Å². The Balaban J connectivity index is 1.81. The number of hydrogen-bond acceptors (Lipinski definition) is 4. The molecule has 0 aliphatic rings. The summed E-state index contributed by atoms with van der Waals surface area (Å²) in [6.45, 7) is 0.116. The van der Waals surface area contributed by atoms with E-state index in [1.165, 1.54) is 18.2 Å². The molecule has 0 unspecified atom stereocenters. The van der Waals surface area contributed by atoms with Crippen LogP contribution >= 0.6 is 11.6 Å². The van der Waals surface area contributed by atoms with Gasteiger partial charge in [0.1, 0.15) is 5.75 Å². The highest BCUT2D eigenvalue weighted by molar-refractivity contribution is 6.32. The second-order valence-corrected chi connectivity index (χ2v) is 6.48. The van der Waals surface area contributed by atoms with Crippen LogP contribution in [0.2, 0.25) is 5.02 Å². The number of carbonyl (C=O) groups is 1. The maximum absolute atomic E-state index is 12.2. The summed E-state index contributed by atoms with van der Waals surface area (Å²) < 4.78 is 0. The third-order valence-electron chi connectivity index (χ3n) is 4.16. The first-order valence-electron chi connectivity index (χ1n) is 8.71. The SMILES string of the molecule is O=C(NN=Cc1ccc(C=CCCO)c2ccccc12)c1ccc(O)c(Cl)c1. The minimum absolute atomic E-state index is 0.0821. The Labute approximate surface area is 167 Å². The number of fused-ring (bicyclic) bond motifs is 1. The Hall–Kier alpha value is -3.15. The molecule has 0 aliphatic heterocycles. The average Bonchev–Trinajstić information content (AvgIpc) is 2.71. The summed E-state index contributed by atoms with van der Waals surface area (Å²) in [4.78, 5) is 12.2. The number of nitrogens with zero attached hydrogens (tertiary/aromatic N) is 1. The summed E-state index contributed by atoms with van der Waals surface area (Å²) in [6.07, 6.45) is 6.10. The molecule has 0 heterocycles. The Morgan fingerprint density at radius 1 is 1.07 bits per heavy atom. The van der Waals surface area contributed by atoms with E-state index >= 15 is 0 Å². The van der Waals surface area contributed by atoms with E-state index in [0.717, 1.165) is 21.9 Å². The predicted molar refractivity (Wildman–Crippen MR) is 113 cm³/mol. The third-order valence-corrected chi connectivity index (χ3v) is 4.47. The molecule has 5 nitrogen and oxygen atoms in total. The number of rotatable bonds is 6. The number of hydrazone groups is 1. The normalized spacial score (nSPS) is 11.5. The lowest BCUT2D eigenvalue weighted by Gasteiger charge is -2.06. The maximum atomic E-state index is 12.2. The molecule has 0 aliphatic carbocycles. The minimum atomic E-state index is -0.425. The van der Waals surface area contributed by atoms with Crippen molar-refractivity contribution in [2.45, 2.75) is 6.42 Å². The molecule has 3 aromatic carbocycles. The van der Waals surface area contributed by atoms with Gasteiger partial charge in [0.15, 0.2) is 0 Å². The summed E-state index contributed by atoms with van der Waals surface area (Å²) in [5.74, 6) is -0.507. The lowest BCUT2D eigenvalue weighted by Crippen LogP contribution is -2.17. The Kier molecular flexibility index (Phi) is 6.42. The number of hydrogen-bond donors (Lipinski definition) is 3. The van der Waals surface area contributed by atoms with Crippen molar-refractivity contribution in [3.8, 4) is 5.75 Å². The number of nitrogens with one attached hydrogen (secondary N) is 1. The smallest absolute Gasteiger partial charge is 0.271 e. The van der Waals surface area contributed by atoms with Gasteiger partial charge in [-0.25, -0.2) is 5.43 Å². The van der Waals surface area contributed by atoms with Gasteiger partial charge >= 0.3 is 0 Å². The molecule has 142 valence electrons. The second-order valence-electron chi connectivity index (χ2n) is 6.07. The van der Waals surface area contributed by atoms with E-state index < -0.39 is 5.91 Å². The zero-order chi connectivity index (χ0) is 19.9. The lowest BCUT2D eigenvalue weighted by atomic mass is 9.99. The number of phenols is 1. The van der Waals surface area contributed by atoms with Crippen molar-refractivity contribution >= 4 is 40.6 Å². The highest BCUT2D eigenvalue weighted by Crippen LogP contribution is 2.24. The number of aliphatic hydroxyl groups excluding tert-OH is 1. The molecule has 1 amide bonds. The Morgan fingerprint density at radius 2 is 1.79 bits per heavy atom. The van der Waals surface area contributed by atoms with Crippen molar-refractivity contribution in [1.29, 1.82) is 0 Å². The summed E-state index contributed by atoms with van der Waals surface area (Å²) in [5.41, 5.74) is 4.67. The number of carbonyl (C=O) groups excluding carboxylic acids is 1. The monoisotopic (exact) mass is 394 g/mol. The molecule has 0 spiro atoms. The zero-order valence-electron chi connectivity index (χ0n) is 15.0. The van der Waals surface area contributed by atoms with Crippen LogP contribution in [0, 0.1) is 0 Å². The largest absolute Gasteiger partial charge is 0.506 e. The van der Waals surface area contributed by atoms with Gasteiger partial charge < -0.3 is 10.2 Å². The van der Waals surface area contributed by atoms with Crippen LogP contribution in [-0.4, -0.2) is 28.9 Å². The van der Waals surface area contributed by atoms with Crippen LogP contribution < -0.4 is 5.43 Å². The van der Waals surface area contributed by atoms with Crippen molar-refractivity contribution in [2.24, 2.45) is 5.10 Å². The summed E-state index contributed by atoms with van der Waals surface area (Å²) in [5, 5.41) is 24.6. The van der Waals surface area contributed by atoms with Gasteiger partial charge in [-0.15, -0.1) is 0 Å². The van der Waals surface area contributed by atoms with E-state index in [1.807, 2.05) is 48.6 Å². The lowest BCUT2D eigenvalue weighted by molar-refractivity contribution is 0.0955. The van der Waals surface area contributed by atoms with E-state index in [0.29, 0.717) is 12.0 Å². The van der Waals surface area contributed by atoms with Crippen LogP contribution in [0.5, 0.6) is 5.75 Å². The van der Waals surface area contributed by atoms with E-state index in [-0.39, 0.29) is 17.4 Å². The van der Waals surface area contributed by atoms with Gasteiger partial charge in [0.05, 0.1) is 11.2 Å². The van der Waals surface area contributed by atoms with Crippen LogP contribution in [0.1, 0.15) is 27.9 Å². The molecule has 3 rings (SSSR count). The first-order chi connectivity index (χ1) is 13.6. The van der Waals surface area contributed by atoms with Crippen LogP contribution in [0.15, 0.2) is 65.8 Å². The fourth-order valence-electron chi connectivity index (χ4n) is 2.76. The average molecular weight is 395 g/mol. The summed E-state index contributed by atoms with van der Waals surface area (Å²) in [6, 6.07) is 16.0. The molecule has 0 fully saturated rings. The van der Waals surface area contributed by atoms with Crippen molar-refractivity contribution in [2.75, 3.05) is 6.61 Å². The Bertz CT molecular complexity index is 1060. The molecule has 0 saturated heterocycles. The van der Waals surface area contributed by atoms with Crippen molar-refractivity contribution in [3.05, 3.63) is 82.4 Å². The first-order valence-corrected chi connectivity index (χ1v) is 9.09. The molecule has 3 N–H and O–H groups in total. The number of amides is 1. The van der Waals surface area contributed by atoms with Gasteiger partial charge in [-0.05, 0) is 41.0 Å². The Morgan fingerprint density at radius 3 is 2.50 bits per heavy atom. The van der Waals surface area contributed by atoms with Crippen LogP contribution in [-0.2, 0) is 0 Å². The highest BCUT2D eigenvalue weighted by atomic mass is 35.5. The van der Waals surface area contributed by atoms with Crippen LogP contribution in [0.4, 0.5) is 0 Å². The molecular weight excluding hydrogens is 376 g/mol. The van der Waals surface area contributed by atoms with E-state index in [9.17, 15) is 9.90 Å². The highest BCUT2D eigenvalue weighted by Gasteiger charge is 2.07. The molecule has 28 heavy (non-hydrogen) atoms. The zero-order valence-corrected chi connectivity index (χ0v) is 15.7. The molecule has 3 aromatic rings. The van der Waals surface area contributed by atoms with E-state index in [1.54, 1.807) is 6.21 Å². The van der Waals surface area contributed by atoms with Gasteiger partial charge in [-0.3, -0.25) is 4.79 Å². The number of halogens is 1. The van der Waals surface area contributed by atoms with Gasteiger partial charge in [-0.1, -0.05) is 60.2 Å².